The van der Waals surface area contributed by atoms with Gasteiger partial charge in [0, 0.05) is 23.9 Å². The Labute approximate surface area is 209 Å². The van der Waals surface area contributed by atoms with Gasteiger partial charge in [-0.3, -0.25) is 14.4 Å². The molecule has 0 saturated carbocycles. The fraction of sp³-hybridized carbons (Fsp3) is 0.417. The second-order valence-electron chi connectivity index (χ2n) is 8.61. The first-order valence-electron chi connectivity index (χ1n) is 11.1. The molecule has 0 bridgehead atoms. The van der Waals surface area contributed by atoms with E-state index < -0.39 is 40.7 Å². The number of carboxylic acids is 1. The topological polar surface area (TPSA) is 176 Å². The summed E-state index contributed by atoms with van der Waals surface area (Å²) in [6, 6.07) is 0. The van der Waals surface area contributed by atoms with Gasteiger partial charge in [0.2, 0.25) is 0 Å². The van der Waals surface area contributed by atoms with Crippen molar-refractivity contribution in [3.8, 4) is 17.2 Å². The van der Waals surface area contributed by atoms with E-state index in [-0.39, 0.29) is 39.5 Å². The molecule has 6 N–H and O–H groups in total. The van der Waals surface area contributed by atoms with Crippen LogP contribution in [0.4, 0.5) is 13.2 Å². The van der Waals surface area contributed by atoms with Crippen molar-refractivity contribution in [1.29, 1.82) is 0 Å². The number of carbonyl (C=O) groups excluding carboxylic acids is 3. The number of ether oxygens (including phenoxy) is 1. The monoisotopic (exact) mass is 528 g/mol. The first-order chi connectivity index (χ1) is 17.0. The molecule has 3 rings (SSSR count). The first-order valence-corrected chi connectivity index (χ1v) is 11.1. The zero-order valence-electron chi connectivity index (χ0n) is 20.5. The van der Waals surface area contributed by atoms with Gasteiger partial charge < -0.3 is 31.1 Å². The van der Waals surface area contributed by atoms with Gasteiger partial charge in [0.25, 0.3) is 0 Å². The lowest BCUT2D eigenvalue weighted by molar-refractivity contribution is -0.192. The summed E-state index contributed by atoms with van der Waals surface area (Å²) in [5.41, 5.74) is 4.42. The molecular weight excluding hydrogens is 501 g/mol. The number of unbranched alkanes of at least 4 members (excludes halogenated alkanes) is 1. The maximum Gasteiger partial charge on any atom is 0.490 e. The lowest BCUT2D eigenvalue weighted by Crippen LogP contribution is -2.41. The van der Waals surface area contributed by atoms with Crippen LogP contribution in [0.15, 0.2) is 23.1 Å². The lowest BCUT2D eigenvalue weighted by atomic mass is 9.70. The molecule has 1 aromatic rings. The molecule has 0 amide bonds. The summed E-state index contributed by atoms with van der Waals surface area (Å²) in [5.74, 6) is -5.11. The zero-order valence-corrected chi connectivity index (χ0v) is 20.5. The average Bonchev–Trinajstić information content (AvgIpc) is 3.08. The Bertz CT molecular complexity index is 1230. The minimum Gasteiger partial charge on any atom is -0.507 e. The van der Waals surface area contributed by atoms with Crippen molar-refractivity contribution < 1.29 is 52.4 Å². The van der Waals surface area contributed by atoms with Crippen LogP contribution in [0.1, 0.15) is 55.1 Å². The maximum absolute atomic E-state index is 13.5. The normalized spacial score (nSPS) is 19.6. The van der Waals surface area contributed by atoms with Crippen molar-refractivity contribution in [3.63, 3.8) is 0 Å². The summed E-state index contributed by atoms with van der Waals surface area (Å²) in [5, 5.41) is 31.3. The molecule has 0 radical (unpaired) electrons. The number of halogens is 3. The lowest BCUT2D eigenvalue weighted by Gasteiger charge is -2.29. The number of benzene rings is 1. The third-order valence-corrected chi connectivity index (χ3v) is 6.02. The van der Waals surface area contributed by atoms with Crippen LogP contribution >= 0.6 is 0 Å². The van der Waals surface area contributed by atoms with Crippen LogP contribution in [0.25, 0.3) is 0 Å². The average molecular weight is 528 g/mol. The molecule has 0 fully saturated rings. The molecule has 0 aromatic heterocycles. The highest BCUT2D eigenvalue weighted by Gasteiger charge is 2.56. The number of Topliss-reactive ketones (excluding diaryl/α,β-unsaturated/α-hetero) is 2. The smallest absolute Gasteiger partial charge is 0.490 e. The highest BCUT2D eigenvalue weighted by molar-refractivity contribution is 6.31. The number of hydrogen-bond donors (Lipinski definition) is 5. The van der Waals surface area contributed by atoms with E-state index in [1.54, 1.807) is 13.8 Å². The van der Waals surface area contributed by atoms with E-state index in [0.29, 0.717) is 18.8 Å². The summed E-state index contributed by atoms with van der Waals surface area (Å²) in [6.07, 6.45) is -2.28. The molecule has 2 aliphatic rings. The van der Waals surface area contributed by atoms with E-state index in [9.17, 15) is 37.8 Å². The number of phenolic OH excluding ortho intramolecular Hbond substituents is 2. The van der Waals surface area contributed by atoms with Gasteiger partial charge >= 0.3 is 12.1 Å². The second kappa shape index (κ2) is 10.6. The van der Waals surface area contributed by atoms with Crippen molar-refractivity contribution in [3.05, 3.63) is 39.8 Å². The summed E-state index contributed by atoms with van der Waals surface area (Å²) in [4.78, 5) is 47.3. The molecule has 0 saturated heterocycles. The Hall–Kier alpha value is -3.87. The number of ketones is 3. The number of aliphatic carboxylic acids is 1. The number of aromatic hydroxyl groups is 2. The third-order valence-electron chi connectivity index (χ3n) is 6.02. The molecule has 0 spiro atoms. The van der Waals surface area contributed by atoms with Crippen molar-refractivity contribution in [2.75, 3.05) is 13.1 Å². The summed E-state index contributed by atoms with van der Waals surface area (Å²) in [6.45, 7) is 7.00. The largest absolute Gasteiger partial charge is 0.507 e. The maximum atomic E-state index is 13.5. The van der Waals surface area contributed by atoms with Gasteiger partial charge in [-0.05, 0) is 47.1 Å². The zero-order chi connectivity index (χ0) is 28.5. The van der Waals surface area contributed by atoms with E-state index in [1.807, 2.05) is 0 Å². The van der Waals surface area contributed by atoms with Gasteiger partial charge in [-0.15, -0.1) is 0 Å². The number of phenols is 2. The van der Waals surface area contributed by atoms with Crippen LogP contribution in [0.5, 0.6) is 17.2 Å². The molecule has 13 heteroatoms. The van der Waals surface area contributed by atoms with Gasteiger partial charge in [0.05, 0.1) is 11.1 Å². The Morgan fingerprint density at radius 2 is 1.70 bits per heavy atom. The number of fused-ring (bicyclic) bond motifs is 3. The van der Waals surface area contributed by atoms with Gasteiger partial charge in [-0.1, -0.05) is 0 Å². The van der Waals surface area contributed by atoms with Crippen LogP contribution in [-0.2, 0) is 19.8 Å². The van der Waals surface area contributed by atoms with Crippen LogP contribution in [-0.4, -0.2) is 57.9 Å². The highest BCUT2D eigenvalue weighted by Crippen LogP contribution is 2.57. The minimum atomic E-state index is -5.08. The van der Waals surface area contributed by atoms with Crippen molar-refractivity contribution in [1.82, 2.24) is 5.32 Å². The third kappa shape index (κ3) is 5.31. The van der Waals surface area contributed by atoms with Gasteiger partial charge in [0.15, 0.2) is 17.3 Å². The van der Waals surface area contributed by atoms with Crippen molar-refractivity contribution in [2.24, 2.45) is 5.73 Å². The van der Waals surface area contributed by atoms with E-state index in [4.69, 9.17) is 20.4 Å². The summed E-state index contributed by atoms with van der Waals surface area (Å²) < 4.78 is 37.5. The molecule has 1 atom stereocenters. The quantitative estimate of drug-likeness (QED) is 0.160. The van der Waals surface area contributed by atoms with Gasteiger partial charge in [0.1, 0.15) is 34.0 Å². The molecule has 1 aliphatic heterocycles. The van der Waals surface area contributed by atoms with Crippen LogP contribution in [0.2, 0.25) is 0 Å². The summed E-state index contributed by atoms with van der Waals surface area (Å²) >= 11 is 0. The van der Waals surface area contributed by atoms with E-state index in [2.05, 4.69) is 5.32 Å². The Morgan fingerprint density at radius 1 is 1.14 bits per heavy atom. The van der Waals surface area contributed by atoms with Gasteiger partial charge in [-0.25, -0.2) is 4.79 Å². The Kier molecular flexibility index (Phi) is 8.43. The van der Waals surface area contributed by atoms with E-state index in [1.165, 1.54) is 19.9 Å². The number of hydrogen-bond acceptors (Lipinski definition) is 9. The molecule has 1 heterocycles. The second-order valence-corrected chi connectivity index (χ2v) is 8.61. The number of nitrogens with two attached hydrogens (primary N) is 1. The summed E-state index contributed by atoms with van der Waals surface area (Å²) in [7, 11) is 0. The van der Waals surface area contributed by atoms with Crippen molar-refractivity contribution in [2.45, 2.75) is 52.1 Å². The van der Waals surface area contributed by atoms with Crippen molar-refractivity contribution >= 4 is 23.3 Å². The van der Waals surface area contributed by atoms with Crippen LogP contribution < -0.4 is 15.8 Å². The molecule has 202 valence electrons. The number of carbonyl (C=O) groups is 4. The Balaban J connectivity index is 0.000000604. The fourth-order valence-electron chi connectivity index (χ4n) is 4.00. The molecule has 10 nitrogen and oxygen atoms in total. The predicted molar refractivity (Wildman–Crippen MR) is 123 cm³/mol. The molecule has 0 unspecified atom stereocenters. The first kappa shape index (κ1) is 29.4. The number of carboxylic acid groups (broad SMARTS) is 1. The standard InChI is InChI=1S/C22H26N2O6.C2HF3O2/c1-10-18(27)16(12(3)25)20-17(19(10)28)22(4)14(30-20)9-13(26)15(21(22)29)11(2)24-8-6-5-7-23;3-2(4,5)1(6)7/h9,24,27-28H,5-8,23H2,1-4H3;(H,6,7)/b15-11+;/t22-;/m0./s1. The number of alkyl halides is 3. The number of allylic oxidation sites excluding steroid dienone is 4. The van der Waals surface area contributed by atoms with Gasteiger partial charge in [-0.2, -0.15) is 13.2 Å². The number of nitrogens with one attached hydrogen (secondary N) is 1. The SMILES string of the molecule is CC(=O)c1c(O)c(C)c(O)c2c1OC1=CC(=O)/C(=C(/C)NCCCCN)C(=O)[C@@]12C.O=C(O)C(F)(F)F. The minimum absolute atomic E-state index is 0.0231. The van der Waals surface area contributed by atoms with Crippen LogP contribution in [0, 0.1) is 6.92 Å². The highest BCUT2D eigenvalue weighted by atomic mass is 19.4. The Morgan fingerprint density at radius 3 is 2.19 bits per heavy atom. The van der Waals surface area contributed by atoms with E-state index >= 15 is 0 Å². The van der Waals surface area contributed by atoms with Crippen LogP contribution in [0.3, 0.4) is 0 Å². The number of rotatable bonds is 6. The predicted octanol–water partition coefficient (Wildman–Crippen LogP) is 2.53. The fourth-order valence-corrected chi connectivity index (χ4v) is 4.00. The van der Waals surface area contributed by atoms with E-state index in [0.717, 1.165) is 12.8 Å². The molecular formula is C24H27F3N2O8. The molecule has 37 heavy (non-hydrogen) atoms. The molecule has 1 aliphatic carbocycles. The molecule has 1 aromatic carbocycles.